The number of phenolic OH excluding ortho intramolecular Hbond substituents is 2. The van der Waals surface area contributed by atoms with Crippen LogP contribution < -0.4 is 14.8 Å². The van der Waals surface area contributed by atoms with Crippen LogP contribution in [0.15, 0.2) is 42.2 Å². The number of fused-ring (bicyclic) bond motifs is 14. The number of rotatable bonds is 7. The average Bonchev–Trinajstić information content (AvgIpc) is 3.45. The number of esters is 1. The number of phenols is 2. The molecule has 16 heteroatoms. The van der Waals surface area contributed by atoms with Gasteiger partial charge in [0.1, 0.15) is 23.4 Å². The minimum Gasteiger partial charge on any atom is -0.507 e. The van der Waals surface area contributed by atoms with Crippen LogP contribution in [-0.2, 0) is 28.6 Å². The second-order valence-corrected chi connectivity index (χ2v) is 15.6. The van der Waals surface area contributed by atoms with Crippen LogP contribution in [0.5, 0.6) is 23.0 Å². The molecule has 0 aromatic heterocycles. The van der Waals surface area contributed by atoms with E-state index in [2.05, 4.69) is 5.32 Å². The fraction of sp³-hybridized carbons (Fsp3) is 0.535. The second-order valence-electron chi connectivity index (χ2n) is 15.6. The number of aliphatic hydroxyl groups excluding tert-OH is 2. The molecule has 5 bridgehead atoms. The molecule has 2 amide bonds. The number of anilines is 1. The van der Waals surface area contributed by atoms with Gasteiger partial charge in [0.25, 0.3) is 17.6 Å². The van der Waals surface area contributed by atoms with E-state index in [-0.39, 0.29) is 44.7 Å². The number of amides is 2. The molecule has 9 atom stereocenters. The van der Waals surface area contributed by atoms with Crippen LogP contribution in [0.25, 0.3) is 10.8 Å². The molecule has 2 aromatic rings. The van der Waals surface area contributed by atoms with E-state index in [0.717, 1.165) is 0 Å². The van der Waals surface area contributed by atoms with Gasteiger partial charge < -0.3 is 49.4 Å². The van der Waals surface area contributed by atoms with Gasteiger partial charge in [0, 0.05) is 87.9 Å². The summed E-state index contributed by atoms with van der Waals surface area (Å²) < 4.78 is 29.7. The van der Waals surface area contributed by atoms with Crippen molar-refractivity contribution in [3.05, 3.63) is 53.3 Å². The minimum absolute atomic E-state index is 0.0669. The van der Waals surface area contributed by atoms with Gasteiger partial charge in [-0.05, 0) is 26.8 Å². The number of hydrogen-bond acceptors (Lipinski definition) is 14. The third-order valence-electron chi connectivity index (χ3n) is 11.2. The molecule has 3 aliphatic heterocycles. The second kappa shape index (κ2) is 18.8. The van der Waals surface area contributed by atoms with Crippen molar-refractivity contribution in [3.8, 4) is 23.0 Å². The van der Waals surface area contributed by atoms with Gasteiger partial charge in [-0.25, -0.2) is 5.01 Å². The zero-order chi connectivity index (χ0) is 44.3. The number of Topliss-reactive ketones (excluding diaryl/α,β-unsaturated/α-hetero) is 1. The van der Waals surface area contributed by atoms with E-state index >= 15 is 0 Å². The predicted octanol–water partition coefficient (Wildman–Crippen LogP) is 4.75. The molecule has 5 rings (SSSR count). The van der Waals surface area contributed by atoms with Gasteiger partial charge in [0.15, 0.2) is 12.4 Å². The summed E-state index contributed by atoms with van der Waals surface area (Å²) in [5, 5.41) is 51.4. The lowest BCUT2D eigenvalue weighted by atomic mass is 9.78. The number of aromatic hydroxyl groups is 2. The van der Waals surface area contributed by atoms with E-state index in [1.54, 1.807) is 65.9 Å². The van der Waals surface area contributed by atoms with Gasteiger partial charge in [0.05, 0.1) is 41.2 Å². The fourth-order valence-electron chi connectivity index (χ4n) is 7.64. The molecule has 0 saturated heterocycles. The lowest BCUT2D eigenvalue weighted by Gasteiger charge is -2.38. The largest absolute Gasteiger partial charge is 0.507 e. The number of carbonyl (C=O) groups excluding carboxylic acids is 4. The zero-order valence-electron chi connectivity index (χ0n) is 35.9. The summed E-state index contributed by atoms with van der Waals surface area (Å²) in [4.78, 5) is 53.6. The Kier molecular flexibility index (Phi) is 14.8. The highest BCUT2D eigenvalue weighted by Gasteiger charge is 2.50. The van der Waals surface area contributed by atoms with Crippen LogP contribution in [-0.4, -0.2) is 119 Å². The molecule has 0 unspecified atom stereocenters. The quantitative estimate of drug-likeness (QED) is 0.145. The number of likely N-dealkylation sites (N-methyl/N-ethyl adjacent to an activating group) is 1. The molecule has 324 valence electrons. The van der Waals surface area contributed by atoms with E-state index in [4.69, 9.17) is 23.7 Å². The zero-order valence-corrected chi connectivity index (χ0v) is 35.9. The molecule has 0 saturated carbocycles. The highest BCUT2D eigenvalue weighted by atomic mass is 16.7. The van der Waals surface area contributed by atoms with Crippen molar-refractivity contribution in [1.29, 1.82) is 0 Å². The number of allylic oxidation sites excluding steroid dienone is 2. The van der Waals surface area contributed by atoms with Crippen molar-refractivity contribution in [2.45, 2.75) is 92.5 Å². The molecule has 3 heterocycles. The van der Waals surface area contributed by atoms with E-state index in [9.17, 15) is 39.6 Å². The van der Waals surface area contributed by atoms with Crippen molar-refractivity contribution in [1.82, 2.24) is 10.0 Å². The monoisotopic (exact) mass is 825 g/mol. The smallest absolute Gasteiger partial charge is 0.312 e. The molecule has 3 aliphatic rings. The van der Waals surface area contributed by atoms with E-state index in [0.29, 0.717) is 6.54 Å². The summed E-state index contributed by atoms with van der Waals surface area (Å²) in [7, 11) is 4.81. The van der Waals surface area contributed by atoms with Crippen LogP contribution in [0.3, 0.4) is 0 Å². The Bertz CT molecular complexity index is 2030. The summed E-state index contributed by atoms with van der Waals surface area (Å²) in [5.74, 6) is -8.19. The van der Waals surface area contributed by atoms with Crippen LogP contribution in [0, 0.1) is 30.6 Å². The van der Waals surface area contributed by atoms with Crippen molar-refractivity contribution in [2.75, 3.05) is 39.7 Å². The SMILES string of the molecule is CCN(C(=O)COc1cc2c(O)c3c(O)c(C)c4c(c13)C(=O)[C@@](C)(O/C=C/[C@H](OC)[C@@H](C)[C@@H](OC(C)=O)[C@H](C)[C@@H](O)[C@H](C)[C@H](O)[C@H](C)/C=C/C=C(/C)C(=O)N2)O4)N(C)C. The number of carbonyl (C=O) groups is 4. The Morgan fingerprint density at radius 2 is 1.63 bits per heavy atom. The van der Waals surface area contributed by atoms with Gasteiger partial charge in [-0.3, -0.25) is 24.2 Å². The lowest BCUT2D eigenvalue weighted by Crippen LogP contribution is -2.46. The number of methoxy groups -OCH3 is 1. The first-order chi connectivity index (χ1) is 27.6. The Hall–Kier alpha value is -5.16. The molecule has 2 aromatic carbocycles. The first kappa shape index (κ1) is 46.5. The summed E-state index contributed by atoms with van der Waals surface area (Å²) in [6, 6.07) is 1.26. The summed E-state index contributed by atoms with van der Waals surface area (Å²) in [6.07, 6.45) is 3.56. The highest BCUT2D eigenvalue weighted by Crippen LogP contribution is 2.54. The molecule has 16 nitrogen and oxygen atoms in total. The maximum absolute atomic E-state index is 14.5. The highest BCUT2D eigenvalue weighted by molar-refractivity contribution is 6.21. The van der Waals surface area contributed by atoms with Crippen molar-refractivity contribution < 1.29 is 63.3 Å². The predicted molar refractivity (Wildman–Crippen MR) is 219 cm³/mol. The molecular formula is C43H59N3O13. The summed E-state index contributed by atoms with van der Waals surface area (Å²) >= 11 is 0. The van der Waals surface area contributed by atoms with E-state index in [1.165, 1.54) is 64.3 Å². The van der Waals surface area contributed by atoms with Crippen LogP contribution in [0.4, 0.5) is 5.69 Å². The van der Waals surface area contributed by atoms with E-state index in [1.807, 2.05) is 0 Å². The Labute approximate surface area is 345 Å². The number of hydrazine groups is 1. The Morgan fingerprint density at radius 3 is 2.22 bits per heavy atom. The van der Waals surface area contributed by atoms with Crippen molar-refractivity contribution >= 4 is 40.0 Å². The van der Waals surface area contributed by atoms with Crippen molar-refractivity contribution in [3.63, 3.8) is 0 Å². The van der Waals surface area contributed by atoms with Crippen LogP contribution >= 0.6 is 0 Å². The molecule has 0 radical (unpaired) electrons. The molecule has 59 heavy (non-hydrogen) atoms. The lowest BCUT2D eigenvalue weighted by molar-refractivity contribution is -0.160. The molecule has 0 fully saturated rings. The summed E-state index contributed by atoms with van der Waals surface area (Å²) in [6.45, 7) is 14.1. The van der Waals surface area contributed by atoms with Gasteiger partial charge in [-0.2, -0.15) is 0 Å². The topological polar surface area (TPSA) is 214 Å². The third-order valence-corrected chi connectivity index (χ3v) is 11.2. The maximum Gasteiger partial charge on any atom is 0.312 e. The van der Waals surface area contributed by atoms with Crippen LogP contribution in [0.2, 0.25) is 0 Å². The Morgan fingerprint density at radius 1 is 0.966 bits per heavy atom. The van der Waals surface area contributed by atoms with Gasteiger partial charge in [-0.1, -0.05) is 45.9 Å². The number of hydrogen-bond donors (Lipinski definition) is 5. The van der Waals surface area contributed by atoms with Crippen LogP contribution in [0.1, 0.15) is 71.3 Å². The molecule has 0 aliphatic carbocycles. The number of nitrogens with one attached hydrogen (secondary N) is 1. The van der Waals surface area contributed by atoms with Crippen molar-refractivity contribution in [2.24, 2.45) is 23.7 Å². The number of benzene rings is 2. The molecule has 0 spiro atoms. The fourth-order valence-corrected chi connectivity index (χ4v) is 7.64. The standard InChI is InChI=1S/C43H59N3O13/c1-13-46(45(10)11)31(48)20-56-30-19-28-38(52)33-32(30)34-40(26(7)37(33)51)59-43(9,41(34)53)57-18-17-29(55-12)23(4)39(58-27(8)47)25(6)36(50)24(5)35(49)21(2)15-14-16-22(3)42(54)44-28/h14-19,21,23-25,29,35-36,39,49-52H,13,20H2,1-12H3,(H,44,54)/b15-14+,18-17+,22-16-/t21-,23-,24-,25-,29+,35-,36+,39-,43+/m1/s1. The number of ketones is 1. The maximum atomic E-state index is 14.5. The number of nitrogens with zero attached hydrogens (tertiary/aromatic N) is 2. The summed E-state index contributed by atoms with van der Waals surface area (Å²) in [5.41, 5.74) is -0.0467. The normalized spacial score (nSPS) is 29.9. The minimum atomic E-state index is -2.03. The third kappa shape index (κ3) is 9.51. The molecular weight excluding hydrogens is 766 g/mol. The average molecular weight is 826 g/mol. The Balaban J connectivity index is 1.94. The molecule has 5 N–H and O–H groups in total. The van der Waals surface area contributed by atoms with Gasteiger partial charge in [-0.15, -0.1) is 0 Å². The number of aliphatic hydroxyl groups is 2. The van der Waals surface area contributed by atoms with E-state index < -0.39 is 95.5 Å². The first-order valence-electron chi connectivity index (χ1n) is 19.6. The first-order valence-corrected chi connectivity index (χ1v) is 19.6. The van der Waals surface area contributed by atoms with Gasteiger partial charge in [0.2, 0.25) is 0 Å². The van der Waals surface area contributed by atoms with Gasteiger partial charge >= 0.3 is 11.8 Å². The number of ether oxygens (including phenoxy) is 5.